The molecule has 1 aromatic rings. The number of hydrogen-bond donors (Lipinski definition) is 3. The van der Waals surface area contributed by atoms with Crippen LogP contribution in [0.5, 0.6) is 0 Å². The van der Waals surface area contributed by atoms with Gasteiger partial charge in [0, 0.05) is 18.6 Å². The lowest BCUT2D eigenvalue weighted by Crippen LogP contribution is -2.46. The second kappa shape index (κ2) is 5.36. The van der Waals surface area contributed by atoms with Gasteiger partial charge < -0.3 is 5.73 Å². The van der Waals surface area contributed by atoms with Gasteiger partial charge in [-0.25, -0.2) is 5.43 Å². The molecular weight excluding hydrogens is 224 g/mol. The third-order valence-electron chi connectivity index (χ3n) is 4.07. The molecule has 2 aliphatic rings. The third-order valence-corrected chi connectivity index (χ3v) is 4.07. The maximum Gasteiger partial charge on any atom is 0.0695 e. The van der Waals surface area contributed by atoms with E-state index < -0.39 is 0 Å². The van der Waals surface area contributed by atoms with Gasteiger partial charge in [-0.15, -0.1) is 0 Å². The van der Waals surface area contributed by atoms with Crippen LogP contribution in [-0.4, -0.2) is 29.7 Å². The summed E-state index contributed by atoms with van der Waals surface area (Å²) in [7, 11) is 0. The van der Waals surface area contributed by atoms with E-state index in [0.29, 0.717) is 12.1 Å². The molecule has 2 saturated heterocycles. The smallest absolute Gasteiger partial charge is 0.0695 e. The predicted molar refractivity (Wildman–Crippen MR) is 72.5 cm³/mol. The minimum Gasteiger partial charge on any atom is -0.315 e. The average Bonchev–Trinajstić information content (AvgIpc) is 2.99. The highest BCUT2D eigenvalue weighted by Gasteiger charge is 2.35. The van der Waals surface area contributed by atoms with Gasteiger partial charge in [0.15, 0.2) is 0 Å². The number of benzene rings is 1. The number of rotatable bonds is 3. The number of nitrogens with one attached hydrogen (secondary N) is 2. The van der Waals surface area contributed by atoms with Crippen molar-refractivity contribution < 1.29 is 0 Å². The average molecular weight is 246 g/mol. The molecular formula is C14H22N4. The van der Waals surface area contributed by atoms with Crippen LogP contribution in [-0.2, 0) is 6.54 Å². The van der Waals surface area contributed by atoms with Crippen LogP contribution in [0.2, 0.25) is 0 Å². The Morgan fingerprint density at radius 2 is 2.06 bits per heavy atom. The van der Waals surface area contributed by atoms with Crippen molar-refractivity contribution in [3.05, 3.63) is 35.9 Å². The van der Waals surface area contributed by atoms with Crippen molar-refractivity contribution in [2.45, 2.75) is 44.1 Å². The molecule has 4 nitrogen and oxygen atoms in total. The fourth-order valence-electron chi connectivity index (χ4n) is 3.18. The summed E-state index contributed by atoms with van der Waals surface area (Å²) in [5.41, 5.74) is 13.8. The molecule has 0 spiro atoms. The SMILES string of the molecule is NC1CC(C2CCCN2Cc2ccccc2)NN1. The van der Waals surface area contributed by atoms with Gasteiger partial charge in [0.1, 0.15) is 0 Å². The molecule has 3 rings (SSSR count). The zero-order valence-corrected chi connectivity index (χ0v) is 10.7. The molecule has 3 unspecified atom stereocenters. The zero-order chi connectivity index (χ0) is 12.4. The summed E-state index contributed by atoms with van der Waals surface area (Å²) in [5, 5.41) is 0. The first-order valence-corrected chi connectivity index (χ1v) is 6.87. The van der Waals surface area contributed by atoms with Crippen molar-refractivity contribution in [1.29, 1.82) is 0 Å². The van der Waals surface area contributed by atoms with E-state index in [1.54, 1.807) is 0 Å². The monoisotopic (exact) mass is 246 g/mol. The predicted octanol–water partition coefficient (Wildman–Crippen LogP) is 0.802. The van der Waals surface area contributed by atoms with Gasteiger partial charge in [0.2, 0.25) is 0 Å². The molecule has 0 radical (unpaired) electrons. The van der Waals surface area contributed by atoms with Crippen LogP contribution < -0.4 is 16.6 Å². The van der Waals surface area contributed by atoms with Crippen molar-refractivity contribution in [3.63, 3.8) is 0 Å². The second-order valence-corrected chi connectivity index (χ2v) is 5.40. The summed E-state index contributed by atoms with van der Waals surface area (Å²) in [4.78, 5) is 2.59. The molecule has 98 valence electrons. The van der Waals surface area contributed by atoms with Crippen molar-refractivity contribution >= 4 is 0 Å². The Labute approximate surface area is 109 Å². The topological polar surface area (TPSA) is 53.3 Å². The van der Waals surface area contributed by atoms with E-state index in [9.17, 15) is 0 Å². The lowest BCUT2D eigenvalue weighted by molar-refractivity contribution is 0.203. The van der Waals surface area contributed by atoms with E-state index in [1.165, 1.54) is 24.9 Å². The third kappa shape index (κ3) is 2.57. The van der Waals surface area contributed by atoms with Gasteiger partial charge in [-0.2, -0.15) is 0 Å². The van der Waals surface area contributed by atoms with E-state index in [-0.39, 0.29) is 6.17 Å². The second-order valence-electron chi connectivity index (χ2n) is 5.40. The number of nitrogens with two attached hydrogens (primary N) is 1. The number of hydrogen-bond acceptors (Lipinski definition) is 4. The van der Waals surface area contributed by atoms with Gasteiger partial charge in [0.05, 0.1) is 6.17 Å². The van der Waals surface area contributed by atoms with Crippen LogP contribution >= 0.6 is 0 Å². The Hall–Kier alpha value is -0.940. The van der Waals surface area contributed by atoms with Crippen LogP contribution in [0.1, 0.15) is 24.8 Å². The van der Waals surface area contributed by atoms with Gasteiger partial charge >= 0.3 is 0 Å². The molecule has 0 aliphatic carbocycles. The molecule has 4 heteroatoms. The Balaban J connectivity index is 1.64. The largest absolute Gasteiger partial charge is 0.315 e. The fourth-order valence-corrected chi connectivity index (χ4v) is 3.18. The summed E-state index contributed by atoms with van der Waals surface area (Å²) >= 11 is 0. The summed E-state index contributed by atoms with van der Waals surface area (Å²) < 4.78 is 0. The maximum absolute atomic E-state index is 5.90. The Morgan fingerprint density at radius 1 is 1.22 bits per heavy atom. The summed E-state index contributed by atoms with van der Waals surface area (Å²) in [6, 6.07) is 11.8. The molecule has 1 aromatic carbocycles. The molecule has 4 N–H and O–H groups in total. The van der Waals surface area contributed by atoms with Crippen LogP contribution in [0.15, 0.2) is 30.3 Å². The minimum atomic E-state index is 0.106. The minimum absolute atomic E-state index is 0.106. The van der Waals surface area contributed by atoms with Crippen LogP contribution in [0, 0.1) is 0 Å². The first-order valence-electron chi connectivity index (χ1n) is 6.87. The maximum atomic E-state index is 5.90. The summed E-state index contributed by atoms with van der Waals surface area (Å²) in [5.74, 6) is 0. The molecule has 0 aromatic heterocycles. The van der Waals surface area contributed by atoms with Crippen molar-refractivity contribution in [3.8, 4) is 0 Å². The van der Waals surface area contributed by atoms with Crippen LogP contribution in [0.3, 0.4) is 0 Å². The molecule has 3 atom stereocenters. The molecule has 0 amide bonds. The van der Waals surface area contributed by atoms with Gasteiger partial charge in [-0.05, 0) is 31.4 Å². The van der Waals surface area contributed by atoms with E-state index >= 15 is 0 Å². The molecule has 18 heavy (non-hydrogen) atoms. The Bertz CT molecular complexity index is 381. The van der Waals surface area contributed by atoms with E-state index in [0.717, 1.165) is 13.0 Å². The highest BCUT2D eigenvalue weighted by molar-refractivity contribution is 5.15. The standard InChI is InChI=1S/C14H22N4/c15-14-9-12(16-17-14)13-7-4-8-18(13)10-11-5-2-1-3-6-11/h1-3,5-6,12-14,16-17H,4,7-10,15H2. The molecule has 2 heterocycles. The summed E-state index contributed by atoms with van der Waals surface area (Å²) in [6.07, 6.45) is 3.70. The first-order chi connectivity index (χ1) is 8.83. The quantitative estimate of drug-likeness (QED) is 0.738. The van der Waals surface area contributed by atoms with E-state index in [2.05, 4.69) is 46.1 Å². The van der Waals surface area contributed by atoms with Crippen molar-refractivity contribution in [2.75, 3.05) is 6.54 Å². The lowest BCUT2D eigenvalue weighted by atomic mass is 10.0. The highest BCUT2D eigenvalue weighted by atomic mass is 15.5. The fraction of sp³-hybridized carbons (Fsp3) is 0.571. The van der Waals surface area contributed by atoms with Crippen LogP contribution in [0.25, 0.3) is 0 Å². The van der Waals surface area contributed by atoms with Gasteiger partial charge in [0.25, 0.3) is 0 Å². The molecule has 0 bridgehead atoms. The zero-order valence-electron chi connectivity index (χ0n) is 10.7. The van der Waals surface area contributed by atoms with Crippen molar-refractivity contribution in [2.24, 2.45) is 5.73 Å². The molecule has 0 saturated carbocycles. The van der Waals surface area contributed by atoms with Crippen LogP contribution in [0.4, 0.5) is 0 Å². The number of nitrogens with zero attached hydrogens (tertiary/aromatic N) is 1. The summed E-state index contributed by atoms with van der Waals surface area (Å²) in [6.45, 7) is 2.26. The molecule has 2 fully saturated rings. The lowest BCUT2D eigenvalue weighted by Gasteiger charge is -2.29. The van der Waals surface area contributed by atoms with Gasteiger partial charge in [-0.1, -0.05) is 30.3 Å². The Morgan fingerprint density at radius 3 is 2.78 bits per heavy atom. The number of likely N-dealkylation sites (tertiary alicyclic amines) is 1. The van der Waals surface area contributed by atoms with E-state index in [1.807, 2.05) is 0 Å². The number of hydrazine groups is 1. The van der Waals surface area contributed by atoms with E-state index in [4.69, 9.17) is 5.73 Å². The normalized spacial score (nSPS) is 33.1. The van der Waals surface area contributed by atoms with Gasteiger partial charge in [-0.3, -0.25) is 10.3 Å². The Kier molecular flexibility index (Phi) is 3.61. The highest BCUT2D eigenvalue weighted by Crippen LogP contribution is 2.25. The van der Waals surface area contributed by atoms with Crippen molar-refractivity contribution in [1.82, 2.24) is 15.8 Å². The molecule has 2 aliphatic heterocycles. The first kappa shape index (κ1) is 12.1.